The van der Waals surface area contributed by atoms with Crippen LogP contribution in [0.25, 0.3) is 16.9 Å². The average molecular weight is 506 g/mol. The second-order valence-electron chi connectivity index (χ2n) is 10.2. The molecule has 5 aromatic rings. The number of fused-ring (bicyclic) bond motifs is 1. The summed E-state index contributed by atoms with van der Waals surface area (Å²) < 4.78 is 4.22. The Morgan fingerprint density at radius 2 is 1.42 bits per heavy atom. The Bertz CT molecular complexity index is 1480. The van der Waals surface area contributed by atoms with E-state index in [-0.39, 0.29) is 0 Å². The van der Waals surface area contributed by atoms with E-state index in [1.807, 2.05) is 4.57 Å². The van der Waals surface area contributed by atoms with E-state index in [0.29, 0.717) is 12.4 Å². The maximum Gasteiger partial charge on any atom is 0.293 e. The summed E-state index contributed by atoms with van der Waals surface area (Å²) in [6, 6.07) is 22.3. The third-order valence-corrected chi connectivity index (χ3v) is 7.56. The highest BCUT2D eigenvalue weighted by Gasteiger charge is 2.15. The van der Waals surface area contributed by atoms with Gasteiger partial charge in [0, 0.05) is 43.0 Å². The number of nitrogens with zero attached hydrogens (tertiary/aromatic N) is 5. The van der Waals surface area contributed by atoms with Crippen molar-refractivity contribution in [2.75, 3.05) is 23.7 Å². The number of unbranched alkanes of at least 4 members (excludes halogenated alkanes) is 1. The van der Waals surface area contributed by atoms with Crippen molar-refractivity contribution < 1.29 is 9.13 Å². The lowest BCUT2D eigenvalue weighted by atomic mass is 10.0. The van der Waals surface area contributed by atoms with Gasteiger partial charge in [0.25, 0.3) is 5.65 Å². The molecular formula is C31H35N7+2. The van der Waals surface area contributed by atoms with Gasteiger partial charge in [-0.1, -0.05) is 46.4 Å². The molecule has 6 rings (SSSR count). The summed E-state index contributed by atoms with van der Waals surface area (Å²) in [5, 5.41) is 0. The number of imidazole rings is 1. The third-order valence-electron chi connectivity index (χ3n) is 7.56. The molecule has 0 amide bonds. The number of hydrogen-bond acceptors (Lipinski definition) is 4. The van der Waals surface area contributed by atoms with Gasteiger partial charge in [-0.15, -0.1) is 0 Å². The van der Waals surface area contributed by atoms with Crippen LogP contribution < -0.4 is 19.8 Å². The van der Waals surface area contributed by atoms with Crippen LogP contribution in [-0.4, -0.2) is 28.0 Å². The van der Waals surface area contributed by atoms with Crippen LogP contribution in [0.5, 0.6) is 0 Å². The molecule has 38 heavy (non-hydrogen) atoms. The fourth-order valence-corrected chi connectivity index (χ4v) is 5.34. The molecule has 0 spiro atoms. The van der Waals surface area contributed by atoms with Gasteiger partial charge in [0.1, 0.15) is 0 Å². The predicted molar refractivity (Wildman–Crippen MR) is 150 cm³/mol. The number of rotatable bonds is 9. The van der Waals surface area contributed by atoms with E-state index in [2.05, 4.69) is 97.5 Å². The van der Waals surface area contributed by atoms with E-state index in [1.165, 1.54) is 66.8 Å². The molecule has 1 aliphatic rings. The maximum atomic E-state index is 5.93. The molecule has 0 saturated carbocycles. The fraction of sp³-hybridized carbons (Fsp3) is 0.290. The highest BCUT2D eigenvalue weighted by atomic mass is 15.1. The molecule has 1 fully saturated rings. The quantitative estimate of drug-likeness (QED) is 0.231. The van der Waals surface area contributed by atoms with Gasteiger partial charge < -0.3 is 15.6 Å². The molecule has 0 unspecified atom stereocenters. The largest absolute Gasteiger partial charge is 0.371 e. The fourth-order valence-electron chi connectivity index (χ4n) is 5.34. The van der Waals surface area contributed by atoms with Gasteiger partial charge >= 0.3 is 0 Å². The van der Waals surface area contributed by atoms with E-state index < -0.39 is 0 Å². The maximum absolute atomic E-state index is 5.93. The van der Waals surface area contributed by atoms with Crippen molar-refractivity contribution in [3.63, 3.8) is 0 Å². The van der Waals surface area contributed by atoms with Crippen molar-refractivity contribution in [1.82, 2.24) is 15.0 Å². The van der Waals surface area contributed by atoms with Crippen molar-refractivity contribution in [2.45, 2.75) is 45.1 Å². The molecule has 1 saturated heterocycles. The molecule has 4 heterocycles. The Kier molecular flexibility index (Phi) is 6.98. The topological polar surface area (TPSA) is 78.6 Å². The number of H-pyrrole nitrogens is 1. The summed E-state index contributed by atoms with van der Waals surface area (Å²) in [6.07, 6.45) is 14.9. The SMILES string of the molecule is Nc1nc[n+](Cc2ccc(CCCCc3ccc(-[n+]4ccc(N5CCCC5)cc4)cc3)cc2)c2nc[nH]c12. The summed E-state index contributed by atoms with van der Waals surface area (Å²) in [5.74, 6) is 0.474. The van der Waals surface area contributed by atoms with Crippen molar-refractivity contribution in [1.29, 1.82) is 0 Å². The zero-order chi connectivity index (χ0) is 25.7. The third kappa shape index (κ3) is 5.37. The van der Waals surface area contributed by atoms with Crippen LogP contribution in [0.2, 0.25) is 0 Å². The zero-order valence-corrected chi connectivity index (χ0v) is 21.8. The lowest BCUT2D eigenvalue weighted by Gasteiger charge is -2.16. The standard InChI is InChI=1S/C31H34N7/c32-30-29-31(34-22-33-29)38(23-35-30)21-26-9-7-24(8-10-26)5-1-2-6-25-11-13-27(14-12-25)37-19-15-28(16-20-37)36-17-3-4-18-36/h7-16,19-20,22-23H,1-6,17-18,21H2,(H2,32,33,34)/q+1/p+1. The molecule has 0 aliphatic carbocycles. The Morgan fingerprint density at radius 3 is 2.11 bits per heavy atom. The Balaban J connectivity index is 0.974. The molecule has 0 bridgehead atoms. The molecule has 7 heteroatoms. The number of hydrogen-bond donors (Lipinski definition) is 2. The van der Waals surface area contributed by atoms with Crippen LogP contribution in [0, 0.1) is 0 Å². The molecule has 3 aromatic heterocycles. The minimum atomic E-state index is 0.474. The van der Waals surface area contributed by atoms with Crippen LogP contribution in [0.15, 0.2) is 85.7 Å². The van der Waals surface area contributed by atoms with E-state index in [9.17, 15) is 0 Å². The number of nitrogens with two attached hydrogens (primary N) is 1. The molecule has 1 aliphatic heterocycles. The lowest BCUT2D eigenvalue weighted by molar-refractivity contribution is -0.667. The number of pyridine rings is 1. The first-order valence-electron chi connectivity index (χ1n) is 13.6. The summed E-state index contributed by atoms with van der Waals surface area (Å²) in [7, 11) is 0. The summed E-state index contributed by atoms with van der Waals surface area (Å²) >= 11 is 0. The lowest BCUT2D eigenvalue weighted by Crippen LogP contribution is -2.36. The summed E-state index contributed by atoms with van der Waals surface area (Å²) in [5.41, 5.74) is 14.1. The van der Waals surface area contributed by atoms with Gasteiger partial charge in [-0.2, -0.15) is 4.57 Å². The van der Waals surface area contributed by atoms with Crippen molar-refractivity contribution >= 4 is 22.7 Å². The second kappa shape index (κ2) is 11.0. The Morgan fingerprint density at radius 1 is 0.789 bits per heavy atom. The second-order valence-corrected chi connectivity index (χ2v) is 10.2. The number of benzene rings is 2. The molecule has 7 nitrogen and oxygen atoms in total. The van der Waals surface area contributed by atoms with Gasteiger partial charge in [0.2, 0.25) is 17.8 Å². The normalized spacial score (nSPS) is 13.4. The number of nitrogens with one attached hydrogen (secondary N) is 1. The van der Waals surface area contributed by atoms with Gasteiger partial charge in [0.05, 0.1) is 6.54 Å². The number of anilines is 2. The van der Waals surface area contributed by atoms with E-state index in [1.54, 1.807) is 12.7 Å². The van der Waals surface area contributed by atoms with Crippen LogP contribution >= 0.6 is 0 Å². The summed E-state index contributed by atoms with van der Waals surface area (Å²) in [4.78, 5) is 14.2. The first kappa shape index (κ1) is 24.1. The van der Waals surface area contributed by atoms with Crippen LogP contribution in [-0.2, 0) is 19.4 Å². The van der Waals surface area contributed by atoms with E-state index in [0.717, 1.165) is 24.0 Å². The molecule has 192 valence electrons. The Labute approximate surface area is 223 Å². The van der Waals surface area contributed by atoms with Gasteiger partial charge in [0.15, 0.2) is 24.2 Å². The van der Waals surface area contributed by atoms with Crippen molar-refractivity contribution in [2.24, 2.45) is 0 Å². The number of aromatic nitrogens is 5. The first-order chi connectivity index (χ1) is 18.7. The number of aromatic amines is 1. The number of nitrogen functional groups attached to an aromatic ring is 1. The minimum Gasteiger partial charge on any atom is -0.371 e. The van der Waals surface area contributed by atoms with Crippen LogP contribution in [0.3, 0.4) is 0 Å². The highest BCUT2D eigenvalue weighted by Crippen LogP contribution is 2.19. The Hall–Kier alpha value is -4.26. The smallest absolute Gasteiger partial charge is 0.293 e. The van der Waals surface area contributed by atoms with Gasteiger partial charge in [-0.05, 0) is 55.2 Å². The average Bonchev–Trinajstić information content (AvgIpc) is 3.68. The van der Waals surface area contributed by atoms with E-state index >= 15 is 0 Å². The van der Waals surface area contributed by atoms with Crippen LogP contribution in [0.1, 0.15) is 42.4 Å². The van der Waals surface area contributed by atoms with Gasteiger partial charge in [-0.25, -0.2) is 4.57 Å². The molecular weight excluding hydrogens is 470 g/mol. The zero-order valence-electron chi connectivity index (χ0n) is 21.8. The molecule has 0 radical (unpaired) electrons. The summed E-state index contributed by atoms with van der Waals surface area (Å²) in [6.45, 7) is 3.08. The first-order valence-corrected chi connectivity index (χ1v) is 13.6. The molecule has 2 aromatic carbocycles. The minimum absolute atomic E-state index is 0.474. The van der Waals surface area contributed by atoms with Gasteiger partial charge in [-0.3, -0.25) is 0 Å². The molecule has 3 N–H and O–H groups in total. The van der Waals surface area contributed by atoms with Crippen molar-refractivity contribution in [3.05, 3.63) is 102 Å². The van der Waals surface area contributed by atoms with Crippen LogP contribution in [0.4, 0.5) is 11.5 Å². The number of aryl methyl sites for hydroxylation is 2. The predicted octanol–water partition coefficient (Wildman–Crippen LogP) is 4.32. The van der Waals surface area contributed by atoms with E-state index in [4.69, 9.17) is 5.73 Å². The molecule has 0 atom stereocenters. The van der Waals surface area contributed by atoms with Crippen molar-refractivity contribution in [3.8, 4) is 5.69 Å². The highest BCUT2D eigenvalue weighted by molar-refractivity contribution is 5.78. The monoisotopic (exact) mass is 505 g/mol.